The maximum atomic E-state index is 14.2. The fourth-order valence-electron chi connectivity index (χ4n) is 4.48. The molecule has 236 valence electrons. The summed E-state index contributed by atoms with van der Waals surface area (Å²) in [5.41, 5.74) is -3.78. The second-order valence-corrected chi connectivity index (χ2v) is 15.1. The summed E-state index contributed by atoms with van der Waals surface area (Å²) in [5, 5.41) is 11.0. The number of benzene rings is 1. The zero-order chi connectivity index (χ0) is 31.9. The van der Waals surface area contributed by atoms with Gasteiger partial charge in [0.1, 0.15) is 5.60 Å². The molecule has 1 atom stereocenters. The molecule has 0 spiro atoms. The number of rotatable bonds is 17. The maximum Gasteiger partial charge on any atom is 0.385 e. The summed E-state index contributed by atoms with van der Waals surface area (Å²) >= 11 is 0. The van der Waals surface area contributed by atoms with E-state index >= 15 is 0 Å². The number of carbonyl (C=O) groups is 3. The molecule has 0 bridgehead atoms. The molecule has 0 aliphatic carbocycles. The predicted octanol–water partition coefficient (Wildman–Crippen LogP) is 5.28. The summed E-state index contributed by atoms with van der Waals surface area (Å²) in [5.74, 6) is -2.75. The summed E-state index contributed by atoms with van der Waals surface area (Å²) in [6.45, 7) is 9.08. The van der Waals surface area contributed by atoms with Gasteiger partial charge in [0.15, 0.2) is 5.40 Å². The summed E-state index contributed by atoms with van der Waals surface area (Å²) in [4.78, 5) is 52.6. The number of esters is 1. The highest BCUT2D eigenvalue weighted by Crippen LogP contribution is 2.72. The Hall–Kier alpha value is -2.47. The molecular weight excluding hydrogens is 594 g/mol. The molecule has 2 rings (SSSR count). The second kappa shape index (κ2) is 14.3. The normalized spacial score (nSPS) is 15.6. The molecule has 1 heterocycles. The quantitative estimate of drug-likeness (QED) is 0.0713. The van der Waals surface area contributed by atoms with Gasteiger partial charge in [-0.15, -0.1) is 0 Å². The van der Waals surface area contributed by atoms with Crippen LogP contribution in [0.15, 0.2) is 24.3 Å². The van der Waals surface area contributed by atoms with E-state index in [1.54, 1.807) is 12.1 Å². The van der Waals surface area contributed by atoms with Crippen molar-refractivity contribution in [2.45, 2.75) is 77.8 Å². The molecule has 1 aromatic carbocycles. The van der Waals surface area contributed by atoms with Crippen molar-refractivity contribution in [3.63, 3.8) is 0 Å². The third kappa shape index (κ3) is 7.72. The number of hydrogen-bond donors (Lipinski definition) is 0. The number of amides is 2. The van der Waals surface area contributed by atoms with Gasteiger partial charge >= 0.3 is 26.7 Å². The number of nitrogens with zero attached hydrogens (tertiary/aromatic N) is 2. The van der Waals surface area contributed by atoms with Crippen LogP contribution in [0.3, 0.4) is 0 Å². The second-order valence-electron chi connectivity index (χ2n) is 10.3. The van der Waals surface area contributed by atoms with E-state index in [1.165, 1.54) is 60.6 Å². The van der Waals surface area contributed by atoms with Gasteiger partial charge in [-0.1, -0.05) is 12.1 Å². The zero-order valence-electron chi connectivity index (χ0n) is 25.0. The van der Waals surface area contributed by atoms with E-state index in [0.717, 1.165) is 4.90 Å². The summed E-state index contributed by atoms with van der Waals surface area (Å²) in [6.07, 6.45) is -1.81. The van der Waals surface area contributed by atoms with Crippen LogP contribution in [0.25, 0.3) is 0 Å². The van der Waals surface area contributed by atoms with Gasteiger partial charge < -0.3 is 22.8 Å². The maximum absolute atomic E-state index is 14.2. The van der Waals surface area contributed by atoms with Crippen LogP contribution >= 0.6 is 15.2 Å². The Labute approximate surface area is 245 Å². The molecule has 14 nitrogen and oxygen atoms in total. The van der Waals surface area contributed by atoms with E-state index in [4.69, 9.17) is 22.8 Å². The number of fused-ring (bicyclic) bond motifs is 1. The van der Waals surface area contributed by atoms with Crippen LogP contribution in [0.5, 0.6) is 0 Å². The van der Waals surface area contributed by atoms with Crippen LogP contribution < -0.4 is 0 Å². The van der Waals surface area contributed by atoms with Crippen LogP contribution in [0.1, 0.15) is 82.0 Å². The first kappa shape index (κ1) is 35.7. The third-order valence-corrected chi connectivity index (χ3v) is 12.2. The zero-order valence-corrected chi connectivity index (χ0v) is 26.8. The largest absolute Gasteiger partial charge is 0.455 e. The Morgan fingerprint density at radius 2 is 1.29 bits per heavy atom. The van der Waals surface area contributed by atoms with E-state index in [1.807, 2.05) is 0 Å². The summed E-state index contributed by atoms with van der Waals surface area (Å²) in [6, 6.07) is 6.03. The first-order valence-corrected chi connectivity index (χ1v) is 16.9. The smallest absolute Gasteiger partial charge is 0.385 e. The molecule has 0 aromatic heterocycles. The van der Waals surface area contributed by atoms with Crippen molar-refractivity contribution in [1.82, 2.24) is 4.90 Å². The topological polar surface area (TPSA) is 178 Å². The molecule has 0 fully saturated rings. The summed E-state index contributed by atoms with van der Waals surface area (Å²) < 4.78 is 55.5. The first-order chi connectivity index (χ1) is 19.6. The Morgan fingerprint density at radius 1 is 0.881 bits per heavy atom. The molecule has 16 heteroatoms. The van der Waals surface area contributed by atoms with Crippen LogP contribution in [-0.4, -0.2) is 77.1 Å². The fraction of sp³-hybridized carbons (Fsp3) is 0.654. The molecule has 0 saturated carbocycles. The number of nitro groups is 1. The highest BCUT2D eigenvalue weighted by Gasteiger charge is 2.63. The van der Waals surface area contributed by atoms with E-state index in [9.17, 15) is 33.6 Å². The fourth-order valence-corrected chi connectivity index (χ4v) is 9.99. The minimum absolute atomic E-state index is 0.110. The molecule has 42 heavy (non-hydrogen) atoms. The summed E-state index contributed by atoms with van der Waals surface area (Å²) in [7, 11) is -9.06. The lowest BCUT2D eigenvalue weighted by Gasteiger charge is -2.35. The van der Waals surface area contributed by atoms with Gasteiger partial charge in [-0.2, -0.15) is 0 Å². The van der Waals surface area contributed by atoms with Crippen molar-refractivity contribution in [2.75, 3.05) is 33.0 Å². The van der Waals surface area contributed by atoms with Crippen LogP contribution in [0.2, 0.25) is 0 Å². The van der Waals surface area contributed by atoms with E-state index in [2.05, 4.69) is 0 Å². The van der Waals surface area contributed by atoms with Gasteiger partial charge in [-0.25, -0.2) is 4.79 Å². The average Bonchev–Trinajstić information content (AvgIpc) is 3.13. The number of imide groups is 1. The van der Waals surface area contributed by atoms with E-state index in [0.29, 0.717) is 0 Å². The lowest BCUT2D eigenvalue weighted by atomic mass is 9.91. The first-order valence-electron chi connectivity index (χ1n) is 13.7. The molecule has 1 aromatic rings. The Kier molecular flexibility index (Phi) is 12.2. The molecule has 0 saturated heterocycles. The van der Waals surface area contributed by atoms with Crippen molar-refractivity contribution in [2.24, 2.45) is 0 Å². The minimum Gasteiger partial charge on any atom is -0.455 e. The van der Waals surface area contributed by atoms with Crippen molar-refractivity contribution in [3.05, 3.63) is 45.5 Å². The lowest BCUT2D eigenvalue weighted by molar-refractivity contribution is -0.558. The Bertz CT molecular complexity index is 1180. The van der Waals surface area contributed by atoms with Gasteiger partial charge in [0.2, 0.25) is 0 Å². The van der Waals surface area contributed by atoms with Gasteiger partial charge in [-0.3, -0.25) is 33.7 Å². The van der Waals surface area contributed by atoms with Crippen molar-refractivity contribution >= 4 is 33.0 Å². The van der Waals surface area contributed by atoms with Crippen molar-refractivity contribution in [3.8, 4) is 0 Å². The van der Waals surface area contributed by atoms with Gasteiger partial charge in [0.25, 0.3) is 11.8 Å². The van der Waals surface area contributed by atoms with Crippen LogP contribution in [0.4, 0.5) is 0 Å². The Balaban J connectivity index is 2.73. The van der Waals surface area contributed by atoms with Crippen molar-refractivity contribution in [1.29, 1.82) is 0 Å². The standard InChI is InChI=1S/C26H40N2O12P2/c1-8-36-41(34,37-9-2)21(42(35,38-10-3)39-11-4)18-26(28(32)33,24(31)40-25(5,6)7)16-17-27-22(29)19-14-12-13-15-20(19)23(27)30/h12-15,21H,8-11,16-18H2,1-7H3/t26-/m1/s1. The SMILES string of the molecule is CCOP(=O)(OCC)C(C[C@](CCN1C(=O)c2ccccc2C1=O)(C(=O)OC(C)(C)C)[N+](=O)[O-])P(=O)(OCC)OCC. The average molecular weight is 635 g/mol. The predicted molar refractivity (Wildman–Crippen MR) is 152 cm³/mol. The molecule has 0 N–H and O–H groups in total. The highest BCUT2D eigenvalue weighted by molar-refractivity contribution is 7.72. The highest BCUT2D eigenvalue weighted by atomic mass is 31.2. The molecule has 1 aliphatic heterocycles. The minimum atomic E-state index is -4.53. The van der Waals surface area contributed by atoms with Crippen molar-refractivity contribution < 1.29 is 51.3 Å². The third-order valence-electron chi connectivity index (χ3n) is 6.24. The number of ether oxygens (including phenoxy) is 1. The van der Waals surface area contributed by atoms with Crippen LogP contribution in [-0.2, 0) is 36.8 Å². The molecule has 1 aliphatic rings. The molecule has 0 radical (unpaired) electrons. The van der Waals surface area contributed by atoms with Gasteiger partial charge in [0.05, 0.1) is 44.0 Å². The number of carbonyl (C=O) groups excluding carboxylic acids is 3. The van der Waals surface area contributed by atoms with Crippen LogP contribution in [0, 0.1) is 10.1 Å². The number of hydrogen-bond acceptors (Lipinski definition) is 12. The molecule has 0 unspecified atom stereocenters. The lowest BCUT2D eigenvalue weighted by Crippen LogP contribution is -2.53. The van der Waals surface area contributed by atoms with E-state index in [-0.39, 0.29) is 37.6 Å². The Morgan fingerprint density at radius 3 is 1.62 bits per heavy atom. The molecule has 2 amide bonds. The van der Waals surface area contributed by atoms with Gasteiger partial charge in [-0.05, 0) is 60.6 Å². The van der Waals surface area contributed by atoms with E-state index < -0.39 is 73.8 Å². The molecular formula is C26H40N2O12P2. The monoisotopic (exact) mass is 634 g/mol. The van der Waals surface area contributed by atoms with Gasteiger partial charge in [0, 0.05) is 17.9 Å².